The smallest absolute Gasteiger partial charge is 0.300 e. The number of hydrogen-bond acceptors (Lipinski definition) is 3. The molecule has 0 atom stereocenters. The Labute approximate surface area is 130 Å². The largest absolute Gasteiger partial charge is 0.318 e. The van der Waals surface area contributed by atoms with Crippen molar-refractivity contribution in [2.24, 2.45) is 12.0 Å². The molecule has 0 spiro atoms. The van der Waals surface area contributed by atoms with Gasteiger partial charge in [-0.25, -0.2) is 0 Å². The number of amides is 1. The number of thiazole rings is 1. The van der Waals surface area contributed by atoms with Gasteiger partial charge in [0.1, 0.15) is 0 Å². The van der Waals surface area contributed by atoms with Crippen molar-refractivity contribution < 1.29 is 4.79 Å². The average Bonchev–Trinajstić information content (AvgIpc) is 3.05. The summed E-state index contributed by atoms with van der Waals surface area (Å²) in [6.07, 6.45) is 1.77. The number of fused-ring (bicyclic) bond motifs is 1. The highest BCUT2D eigenvalue weighted by molar-refractivity contribution is 7.16. The number of para-hydroxylation sites is 1. The van der Waals surface area contributed by atoms with Crippen LogP contribution in [0.2, 0.25) is 5.02 Å². The SMILES string of the molecule is CCn1ccc(C(=O)N=c2sc3cccc(Cl)c3n2C)n1. The molecule has 0 unspecified atom stereocenters. The van der Waals surface area contributed by atoms with Crippen LogP contribution in [0.25, 0.3) is 10.2 Å². The molecule has 7 heteroatoms. The first-order chi connectivity index (χ1) is 10.1. The van der Waals surface area contributed by atoms with E-state index < -0.39 is 0 Å². The monoisotopic (exact) mass is 320 g/mol. The van der Waals surface area contributed by atoms with E-state index in [4.69, 9.17) is 11.6 Å². The molecule has 0 aliphatic heterocycles. The molecule has 108 valence electrons. The van der Waals surface area contributed by atoms with E-state index in [0.29, 0.717) is 15.5 Å². The predicted octanol–water partition coefficient (Wildman–Crippen LogP) is 2.85. The van der Waals surface area contributed by atoms with Crippen LogP contribution in [0, 0.1) is 0 Å². The summed E-state index contributed by atoms with van der Waals surface area (Å²) in [5.41, 5.74) is 1.23. The van der Waals surface area contributed by atoms with Gasteiger partial charge in [0, 0.05) is 19.8 Å². The third-order valence-corrected chi connectivity index (χ3v) is 4.56. The van der Waals surface area contributed by atoms with Gasteiger partial charge in [-0.2, -0.15) is 10.1 Å². The lowest BCUT2D eigenvalue weighted by Crippen LogP contribution is -2.13. The number of halogens is 1. The molecule has 0 bridgehead atoms. The Kier molecular flexibility index (Phi) is 3.65. The summed E-state index contributed by atoms with van der Waals surface area (Å²) < 4.78 is 4.53. The average molecular weight is 321 g/mol. The van der Waals surface area contributed by atoms with Crippen LogP contribution < -0.4 is 4.80 Å². The van der Waals surface area contributed by atoms with Crippen LogP contribution in [-0.2, 0) is 13.6 Å². The minimum atomic E-state index is -0.347. The lowest BCUT2D eigenvalue weighted by atomic mass is 10.3. The summed E-state index contributed by atoms with van der Waals surface area (Å²) >= 11 is 7.62. The maximum absolute atomic E-state index is 12.2. The van der Waals surface area contributed by atoms with Crippen LogP contribution in [0.5, 0.6) is 0 Å². The zero-order chi connectivity index (χ0) is 15.0. The Morgan fingerprint density at radius 3 is 2.90 bits per heavy atom. The molecule has 21 heavy (non-hydrogen) atoms. The molecule has 0 radical (unpaired) electrons. The van der Waals surface area contributed by atoms with E-state index in [1.807, 2.05) is 36.7 Å². The highest BCUT2D eigenvalue weighted by Gasteiger charge is 2.11. The third-order valence-electron chi connectivity index (χ3n) is 3.15. The summed E-state index contributed by atoms with van der Waals surface area (Å²) in [6, 6.07) is 7.34. The van der Waals surface area contributed by atoms with Crippen LogP contribution >= 0.6 is 22.9 Å². The van der Waals surface area contributed by atoms with Gasteiger partial charge in [-0.3, -0.25) is 9.48 Å². The van der Waals surface area contributed by atoms with E-state index in [1.165, 1.54) is 11.3 Å². The van der Waals surface area contributed by atoms with Crippen LogP contribution in [0.15, 0.2) is 35.5 Å². The van der Waals surface area contributed by atoms with Crippen molar-refractivity contribution in [1.82, 2.24) is 14.3 Å². The summed E-state index contributed by atoms with van der Waals surface area (Å²) in [4.78, 5) is 16.9. The molecule has 0 fully saturated rings. The summed E-state index contributed by atoms with van der Waals surface area (Å²) in [5, 5.41) is 4.82. The number of carbonyl (C=O) groups excluding carboxylic acids is 1. The minimum Gasteiger partial charge on any atom is -0.318 e. The first-order valence-electron chi connectivity index (χ1n) is 6.46. The van der Waals surface area contributed by atoms with Gasteiger partial charge < -0.3 is 4.57 Å². The van der Waals surface area contributed by atoms with Crippen LogP contribution in [0.1, 0.15) is 17.4 Å². The Balaban J connectivity index is 2.09. The Morgan fingerprint density at radius 1 is 1.43 bits per heavy atom. The van der Waals surface area contributed by atoms with Gasteiger partial charge in [-0.15, -0.1) is 0 Å². The van der Waals surface area contributed by atoms with Crippen molar-refractivity contribution in [3.63, 3.8) is 0 Å². The van der Waals surface area contributed by atoms with Crippen molar-refractivity contribution in [3.8, 4) is 0 Å². The van der Waals surface area contributed by atoms with Crippen molar-refractivity contribution >= 4 is 39.1 Å². The maximum atomic E-state index is 12.2. The van der Waals surface area contributed by atoms with Crippen molar-refractivity contribution in [1.29, 1.82) is 0 Å². The molecule has 3 aromatic rings. The number of aryl methyl sites for hydroxylation is 2. The molecule has 0 N–H and O–H groups in total. The highest BCUT2D eigenvalue weighted by Crippen LogP contribution is 2.24. The summed E-state index contributed by atoms with van der Waals surface area (Å²) in [6.45, 7) is 2.69. The molecule has 0 saturated heterocycles. The zero-order valence-electron chi connectivity index (χ0n) is 11.6. The summed E-state index contributed by atoms with van der Waals surface area (Å²) in [7, 11) is 1.85. The van der Waals surface area contributed by atoms with Gasteiger partial charge in [-0.1, -0.05) is 29.0 Å². The van der Waals surface area contributed by atoms with E-state index in [9.17, 15) is 4.79 Å². The number of nitrogens with zero attached hydrogens (tertiary/aromatic N) is 4. The Hall–Kier alpha value is -1.92. The zero-order valence-corrected chi connectivity index (χ0v) is 13.1. The molecule has 2 heterocycles. The topological polar surface area (TPSA) is 52.2 Å². The molecule has 1 aromatic carbocycles. The number of carbonyl (C=O) groups is 1. The van der Waals surface area contributed by atoms with Crippen LogP contribution in [0.4, 0.5) is 0 Å². The first-order valence-corrected chi connectivity index (χ1v) is 7.66. The Bertz CT molecular complexity index is 890. The molecule has 0 saturated carbocycles. The molecule has 5 nitrogen and oxygen atoms in total. The van der Waals surface area contributed by atoms with Gasteiger partial charge in [0.15, 0.2) is 10.5 Å². The fraction of sp³-hybridized carbons (Fsp3) is 0.214. The molecule has 0 aliphatic carbocycles. The van der Waals surface area contributed by atoms with Gasteiger partial charge in [-0.05, 0) is 25.1 Å². The standard InChI is InChI=1S/C14H13ClN4OS/c1-3-19-8-7-10(17-19)13(20)16-14-18(2)12-9(15)5-4-6-11(12)21-14/h4-8H,3H2,1-2H3. The van der Waals surface area contributed by atoms with Gasteiger partial charge in [0.2, 0.25) is 0 Å². The predicted molar refractivity (Wildman–Crippen MR) is 83.6 cm³/mol. The van der Waals surface area contributed by atoms with E-state index in [-0.39, 0.29) is 5.91 Å². The molecule has 0 aliphatic rings. The molecular formula is C14H13ClN4OS. The molecule has 2 aromatic heterocycles. The van der Waals surface area contributed by atoms with E-state index in [1.54, 1.807) is 16.9 Å². The van der Waals surface area contributed by atoms with Crippen molar-refractivity contribution in [2.75, 3.05) is 0 Å². The van der Waals surface area contributed by atoms with E-state index in [0.717, 1.165) is 16.8 Å². The normalized spacial score (nSPS) is 12.2. The van der Waals surface area contributed by atoms with E-state index in [2.05, 4.69) is 10.1 Å². The maximum Gasteiger partial charge on any atom is 0.300 e. The van der Waals surface area contributed by atoms with E-state index >= 15 is 0 Å². The second kappa shape index (κ2) is 5.46. The summed E-state index contributed by atoms with van der Waals surface area (Å²) in [5.74, 6) is -0.347. The lowest BCUT2D eigenvalue weighted by Gasteiger charge is -1.97. The lowest BCUT2D eigenvalue weighted by molar-refractivity contribution is 0.0992. The number of aromatic nitrogens is 3. The Morgan fingerprint density at radius 2 is 2.24 bits per heavy atom. The van der Waals surface area contributed by atoms with Crippen LogP contribution in [-0.4, -0.2) is 20.3 Å². The number of hydrogen-bond donors (Lipinski definition) is 0. The minimum absolute atomic E-state index is 0.347. The second-order valence-corrected chi connectivity index (χ2v) is 5.92. The van der Waals surface area contributed by atoms with Gasteiger partial charge >= 0.3 is 0 Å². The van der Waals surface area contributed by atoms with Gasteiger partial charge in [0.25, 0.3) is 5.91 Å². The third kappa shape index (κ3) is 2.52. The first kappa shape index (κ1) is 14.0. The fourth-order valence-electron chi connectivity index (χ4n) is 2.06. The second-order valence-electron chi connectivity index (χ2n) is 4.50. The molecule has 3 rings (SSSR count). The molecule has 1 amide bonds. The number of rotatable bonds is 2. The van der Waals surface area contributed by atoms with Crippen LogP contribution in [0.3, 0.4) is 0 Å². The molecular weight excluding hydrogens is 308 g/mol. The van der Waals surface area contributed by atoms with Gasteiger partial charge in [0.05, 0.1) is 15.2 Å². The van der Waals surface area contributed by atoms with Crippen molar-refractivity contribution in [2.45, 2.75) is 13.5 Å². The quantitative estimate of drug-likeness (QED) is 0.729. The van der Waals surface area contributed by atoms with Crippen molar-refractivity contribution in [3.05, 3.63) is 46.0 Å². The number of benzene rings is 1. The fourth-order valence-corrected chi connectivity index (χ4v) is 3.46. The highest BCUT2D eigenvalue weighted by atomic mass is 35.5.